The van der Waals surface area contributed by atoms with E-state index in [0.29, 0.717) is 5.92 Å². The molecule has 0 spiro atoms. The number of rotatable bonds is 4. The summed E-state index contributed by atoms with van der Waals surface area (Å²) in [4.78, 5) is 4.55. The number of aryl methyl sites for hydroxylation is 1. The molecule has 1 fully saturated rings. The van der Waals surface area contributed by atoms with Gasteiger partial charge in [0.2, 0.25) is 0 Å². The van der Waals surface area contributed by atoms with Crippen LogP contribution in [0.1, 0.15) is 63.1 Å². The van der Waals surface area contributed by atoms with E-state index in [9.17, 15) is 0 Å². The van der Waals surface area contributed by atoms with E-state index < -0.39 is 0 Å². The third-order valence-electron chi connectivity index (χ3n) is 4.49. The third-order valence-corrected chi connectivity index (χ3v) is 4.49. The number of nitrogens with two attached hydrogens (primary N) is 1. The Morgan fingerprint density at radius 2 is 1.84 bits per heavy atom. The van der Waals surface area contributed by atoms with E-state index in [0.717, 1.165) is 18.5 Å². The van der Waals surface area contributed by atoms with Crippen molar-refractivity contribution < 1.29 is 0 Å². The van der Waals surface area contributed by atoms with E-state index in [1.807, 2.05) is 6.20 Å². The molecule has 1 aromatic heterocycles. The van der Waals surface area contributed by atoms with E-state index in [1.165, 1.54) is 50.5 Å². The van der Waals surface area contributed by atoms with Gasteiger partial charge in [0.25, 0.3) is 0 Å². The van der Waals surface area contributed by atoms with E-state index >= 15 is 0 Å². The fraction of sp³-hybridized carbons (Fsp3) is 0.706. The van der Waals surface area contributed by atoms with E-state index in [2.05, 4.69) is 24.0 Å². The fourth-order valence-electron chi connectivity index (χ4n) is 3.11. The monoisotopic (exact) mass is 260 g/mol. The van der Waals surface area contributed by atoms with Crippen LogP contribution in [0.2, 0.25) is 0 Å². The molecule has 2 heteroatoms. The molecule has 1 saturated carbocycles. The van der Waals surface area contributed by atoms with Crippen molar-refractivity contribution in [3.8, 4) is 0 Å². The molecule has 0 bridgehead atoms. The van der Waals surface area contributed by atoms with Crippen molar-refractivity contribution in [2.45, 2.75) is 70.8 Å². The van der Waals surface area contributed by atoms with Crippen molar-refractivity contribution >= 4 is 0 Å². The Hall–Kier alpha value is -0.890. The highest BCUT2D eigenvalue weighted by molar-refractivity contribution is 5.14. The lowest BCUT2D eigenvalue weighted by Gasteiger charge is -2.25. The molecular weight excluding hydrogens is 232 g/mol. The summed E-state index contributed by atoms with van der Waals surface area (Å²) < 4.78 is 0. The minimum absolute atomic E-state index is 0.290. The van der Waals surface area contributed by atoms with Crippen LogP contribution >= 0.6 is 0 Å². The van der Waals surface area contributed by atoms with Gasteiger partial charge < -0.3 is 5.73 Å². The smallest absolute Gasteiger partial charge is 0.0419 e. The second-order valence-electron chi connectivity index (χ2n) is 5.98. The van der Waals surface area contributed by atoms with Crippen molar-refractivity contribution in [1.29, 1.82) is 0 Å². The molecule has 0 amide bonds. The van der Waals surface area contributed by atoms with Crippen LogP contribution in [0.3, 0.4) is 0 Å². The summed E-state index contributed by atoms with van der Waals surface area (Å²) in [7, 11) is 0. The molecule has 2 N–H and O–H groups in total. The van der Waals surface area contributed by atoms with Crippen molar-refractivity contribution in [1.82, 2.24) is 4.98 Å². The van der Waals surface area contributed by atoms with Crippen molar-refractivity contribution in [2.75, 3.05) is 0 Å². The lowest BCUT2D eigenvalue weighted by Crippen LogP contribution is -2.33. The lowest BCUT2D eigenvalue weighted by molar-refractivity contribution is 0.321. The molecule has 106 valence electrons. The summed E-state index contributed by atoms with van der Waals surface area (Å²) in [5, 5.41) is 0. The topological polar surface area (TPSA) is 38.9 Å². The Bertz CT molecular complexity index is 350. The predicted molar refractivity (Wildman–Crippen MR) is 81.1 cm³/mol. The minimum atomic E-state index is 0.290. The zero-order valence-corrected chi connectivity index (χ0v) is 12.3. The molecule has 2 rings (SSSR count). The van der Waals surface area contributed by atoms with Gasteiger partial charge in [0, 0.05) is 24.4 Å². The average molecular weight is 260 g/mol. The van der Waals surface area contributed by atoms with Crippen LogP contribution < -0.4 is 5.73 Å². The molecule has 1 aliphatic rings. The zero-order valence-electron chi connectivity index (χ0n) is 12.3. The summed E-state index contributed by atoms with van der Waals surface area (Å²) in [5.41, 5.74) is 8.90. The molecule has 1 heterocycles. The molecule has 1 aliphatic carbocycles. The summed E-state index contributed by atoms with van der Waals surface area (Å²) in [6.07, 6.45) is 13.6. The Balaban J connectivity index is 1.88. The Kier molecular flexibility index (Phi) is 5.84. The van der Waals surface area contributed by atoms with Crippen molar-refractivity contribution in [2.24, 2.45) is 11.7 Å². The normalized spacial score (nSPS) is 19.7. The summed E-state index contributed by atoms with van der Waals surface area (Å²) in [5.74, 6) is 0.702. The fourth-order valence-corrected chi connectivity index (χ4v) is 3.11. The van der Waals surface area contributed by atoms with Gasteiger partial charge in [-0.15, -0.1) is 0 Å². The average Bonchev–Trinajstić information content (AvgIpc) is 2.39. The van der Waals surface area contributed by atoms with Crippen LogP contribution in [0, 0.1) is 5.92 Å². The molecule has 19 heavy (non-hydrogen) atoms. The van der Waals surface area contributed by atoms with Crippen molar-refractivity contribution in [3.05, 3.63) is 29.6 Å². The standard InChI is InChI=1S/C17H28N2/c1-2-14-10-11-16(19-13-14)12-17(18)15-8-6-4-3-5-7-9-15/h10-11,13,15,17H,2-9,12,18H2,1H3. The van der Waals surface area contributed by atoms with Gasteiger partial charge in [0.1, 0.15) is 0 Å². The quantitative estimate of drug-likeness (QED) is 0.892. The molecule has 2 nitrogen and oxygen atoms in total. The van der Waals surface area contributed by atoms with Gasteiger partial charge in [-0.3, -0.25) is 4.98 Å². The molecule has 0 aromatic carbocycles. The summed E-state index contributed by atoms with van der Waals surface area (Å²) in [6, 6.07) is 4.63. The summed E-state index contributed by atoms with van der Waals surface area (Å²) in [6.45, 7) is 2.16. The maximum atomic E-state index is 6.43. The number of hydrogen-bond acceptors (Lipinski definition) is 2. The highest BCUT2D eigenvalue weighted by atomic mass is 14.7. The van der Waals surface area contributed by atoms with Crippen LogP contribution in [-0.4, -0.2) is 11.0 Å². The maximum Gasteiger partial charge on any atom is 0.0419 e. The van der Waals surface area contributed by atoms with Crippen LogP contribution in [0.25, 0.3) is 0 Å². The van der Waals surface area contributed by atoms with Gasteiger partial charge in [-0.2, -0.15) is 0 Å². The van der Waals surface area contributed by atoms with Gasteiger partial charge in [0.05, 0.1) is 0 Å². The van der Waals surface area contributed by atoms with Crippen molar-refractivity contribution in [3.63, 3.8) is 0 Å². The number of nitrogens with zero attached hydrogens (tertiary/aromatic N) is 1. The molecule has 0 aliphatic heterocycles. The Morgan fingerprint density at radius 1 is 1.16 bits per heavy atom. The molecular formula is C17H28N2. The first-order valence-electron chi connectivity index (χ1n) is 7.99. The van der Waals surface area contributed by atoms with E-state index in [-0.39, 0.29) is 6.04 Å². The molecule has 0 radical (unpaired) electrons. The Labute approximate surface area is 117 Å². The largest absolute Gasteiger partial charge is 0.327 e. The summed E-state index contributed by atoms with van der Waals surface area (Å²) >= 11 is 0. The van der Waals surface area contributed by atoms with Gasteiger partial charge in [-0.25, -0.2) is 0 Å². The second kappa shape index (κ2) is 7.64. The maximum absolute atomic E-state index is 6.43. The SMILES string of the molecule is CCc1ccc(CC(N)C2CCCCCCC2)nc1. The van der Waals surface area contributed by atoms with Crippen LogP contribution in [0.4, 0.5) is 0 Å². The van der Waals surface area contributed by atoms with Gasteiger partial charge in [-0.05, 0) is 36.8 Å². The van der Waals surface area contributed by atoms with Gasteiger partial charge in [0.15, 0.2) is 0 Å². The first kappa shape index (κ1) is 14.5. The lowest BCUT2D eigenvalue weighted by atomic mass is 9.84. The first-order valence-corrected chi connectivity index (χ1v) is 7.99. The molecule has 1 atom stereocenters. The van der Waals surface area contributed by atoms with E-state index in [1.54, 1.807) is 0 Å². The number of hydrogen-bond donors (Lipinski definition) is 1. The number of aromatic nitrogens is 1. The third kappa shape index (κ3) is 4.61. The van der Waals surface area contributed by atoms with Gasteiger partial charge >= 0.3 is 0 Å². The van der Waals surface area contributed by atoms with E-state index in [4.69, 9.17) is 5.73 Å². The van der Waals surface area contributed by atoms with Crippen LogP contribution in [-0.2, 0) is 12.8 Å². The first-order chi connectivity index (χ1) is 9.29. The van der Waals surface area contributed by atoms with Crippen LogP contribution in [0.15, 0.2) is 18.3 Å². The molecule has 1 aromatic rings. The molecule has 1 unspecified atom stereocenters. The predicted octanol–water partition coefficient (Wildman–Crippen LogP) is 3.87. The highest BCUT2D eigenvalue weighted by Gasteiger charge is 2.19. The zero-order chi connectivity index (χ0) is 13.5. The van der Waals surface area contributed by atoms with Gasteiger partial charge in [-0.1, -0.05) is 45.1 Å². The van der Waals surface area contributed by atoms with Crippen LogP contribution in [0.5, 0.6) is 0 Å². The number of pyridine rings is 1. The molecule has 0 saturated heterocycles. The Morgan fingerprint density at radius 3 is 2.42 bits per heavy atom. The second-order valence-corrected chi connectivity index (χ2v) is 5.98. The minimum Gasteiger partial charge on any atom is -0.327 e. The highest BCUT2D eigenvalue weighted by Crippen LogP contribution is 2.25.